The average Bonchev–Trinajstić information content (AvgIpc) is 2.42. The molecule has 80 valence electrons. The number of Topliss-reactive ketones (excluding diaryl/α,β-unsaturated/α-hetero) is 1. The third-order valence-corrected chi connectivity index (χ3v) is 6.49. The van der Waals surface area contributed by atoms with Gasteiger partial charge in [0.15, 0.2) is 10.5 Å². The summed E-state index contributed by atoms with van der Waals surface area (Å²) in [4.78, 5) is 12.3. The molecule has 0 bridgehead atoms. The summed E-state index contributed by atoms with van der Waals surface area (Å²) in [5.74, 6) is 1.76. The van der Waals surface area contributed by atoms with Crippen LogP contribution in [-0.2, 0) is 15.7 Å². The van der Waals surface area contributed by atoms with Crippen LogP contribution in [0.1, 0.15) is 39.0 Å². The highest BCUT2D eigenvalue weighted by Gasteiger charge is 2.57. The molecule has 0 amide bonds. The van der Waals surface area contributed by atoms with Crippen molar-refractivity contribution in [1.29, 1.82) is 0 Å². The first-order valence-corrected chi connectivity index (χ1v) is 7.72. The van der Waals surface area contributed by atoms with Crippen molar-refractivity contribution in [3.05, 3.63) is 0 Å². The third kappa shape index (κ3) is 1.42. The Hall–Kier alpha value is 0.0200. The quantitative estimate of drug-likeness (QED) is 0.611. The molecule has 3 unspecified atom stereocenters. The van der Waals surface area contributed by atoms with E-state index >= 15 is 0 Å². The fourth-order valence-corrected chi connectivity index (χ4v) is 4.26. The van der Waals surface area contributed by atoms with Gasteiger partial charge in [0.05, 0.1) is 12.5 Å². The van der Waals surface area contributed by atoms with Gasteiger partial charge in [0.25, 0.3) is 0 Å². The maximum Gasteiger partial charge on any atom is 0.190 e. The van der Waals surface area contributed by atoms with E-state index in [2.05, 4.69) is 19.4 Å². The lowest BCUT2D eigenvalue weighted by Crippen LogP contribution is -2.39. The van der Waals surface area contributed by atoms with E-state index in [1.54, 1.807) is 0 Å². The molecule has 2 fully saturated rings. The van der Waals surface area contributed by atoms with Crippen molar-refractivity contribution in [2.24, 2.45) is 11.8 Å². The number of hydrogen-bond acceptors (Lipinski definition) is 1. The van der Waals surface area contributed by atoms with E-state index in [1.165, 1.54) is 32.1 Å². The first-order valence-electron chi connectivity index (χ1n) is 5.68. The molecular formula is C12H21OS+. The Kier molecular flexibility index (Phi) is 2.67. The molecule has 2 aliphatic carbocycles. The van der Waals surface area contributed by atoms with Crippen LogP contribution in [0.4, 0.5) is 0 Å². The summed E-state index contributed by atoms with van der Waals surface area (Å²) in [6.07, 6.45) is 10.8. The molecule has 0 aromatic carbocycles. The Balaban J connectivity index is 2.21. The van der Waals surface area contributed by atoms with Crippen molar-refractivity contribution >= 4 is 16.7 Å². The number of carbonyl (C=O) groups is 1. The Morgan fingerprint density at radius 2 is 1.93 bits per heavy atom. The van der Waals surface area contributed by atoms with E-state index in [0.717, 1.165) is 5.92 Å². The lowest BCUT2D eigenvalue weighted by Gasteiger charge is -2.22. The summed E-state index contributed by atoms with van der Waals surface area (Å²) < 4.78 is 0.0275. The van der Waals surface area contributed by atoms with Gasteiger partial charge in [-0.2, -0.15) is 0 Å². The molecule has 2 rings (SSSR count). The number of carbonyl (C=O) groups excluding carboxylic acids is 1. The number of ketones is 1. The van der Waals surface area contributed by atoms with Crippen LogP contribution in [0.2, 0.25) is 0 Å². The maximum atomic E-state index is 12.3. The van der Waals surface area contributed by atoms with Crippen LogP contribution in [0.3, 0.4) is 0 Å². The highest BCUT2D eigenvalue weighted by Crippen LogP contribution is 2.47. The van der Waals surface area contributed by atoms with Gasteiger partial charge >= 0.3 is 0 Å². The van der Waals surface area contributed by atoms with Gasteiger partial charge < -0.3 is 0 Å². The molecule has 2 saturated carbocycles. The Morgan fingerprint density at radius 3 is 2.50 bits per heavy atom. The average molecular weight is 213 g/mol. The van der Waals surface area contributed by atoms with Gasteiger partial charge in [-0.15, -0.1) is 0 Å². The van der Waals surface area contributed by atoms with Crippen LogP contribution in [0, 0.1) is 11.8 Å². The van der Waals surface area contributed by atoms with E-state index in [1.807, 2.05) is 0 Å². The predicted molar refractivity (Wildman–Crippen MR) is 62.7 cm³/mol. The van der Waals surface area contributed by atoms with Gasteiger partial charge in [-0.05, 0) is 36.6 Å². The fraction of sp³-hybridized carbons (Fsp3) is 0.917. The Morgan fingerprint density at radius 1 is 1.29 bits per heavy atom. The second-order valence-corrected chi connectivity index (χ2v) is 7.80. The predicted octanol–water partition coefficient (Wildman–Crippen LogP) is 2.40. The molecule has 2 heteroatoms. The van der Waals surface area contributed by atoms with Crippen molar-refractivity contribution in [2.45, 2.75) is 43.8 Å². The van der Waals surface area contributed by atoms with Gasteiger partial charge in [-0.1, -0.05) is 12.8 Å². The molecule has 2 aliphatic rings. The van der Waals surface area contributed by atoms with Crippen molar-refractivity contribution in [1.82, 2.24) is 0 Å². The topological polar surface area (TPSA) is 17.1 Å². The molecule has 0 heterocycles. The smallest absolute Gasteiger partial charge is 0.190 e. The zero-order valence-corrected chi connectivity index (χ0v) is 10.3. The van der Waals surface area contributed by atoms with Gasteiger partial charge in [-0.3, -0.25) is 4.79 Å². The number of fused-ring (bicyclic) bond motifs is 1. The van der Waals surface area contributed by atoms with Crippen LogP contribution in [0.25, 0.3) is 0 Å². The lowest BCUT2D eigenvalue weighted by atomic mass is 9.81. The maximum absolute atomic E-state index is 12.3. The van der Waals surface area contributed by atoms with Crippen LogP contribution < -0.4 is 0 Å². The molecule has 0 radical (unpaired) electrons. The minimum atomic E-state index is 0.0275. The van der Waals surface area contributed by atoms with Crippen molar-refractivity contribution < 1.29 is 4.79 Å². The first kappa shape index (κ1) is 10.5. The number of hydrogen-bond donors (Lipinski definition) is 0. The monoisotopic (exact) mass is 213 g/mol. The molecule has 14 heavy (non-hydrogen) atoms. The molecule has 0 spiro atoms. The van der Waals surface area contributed by atoms with Gasteiger partial charge in [0.2, 0.25) is 0 Å². The van der Waals surface area contributed by atoms with Crippen molar-refractivity contribution in [2.75, 3.05) is 12.5 Å². The summed E-state index contributed by atoms with van der Waals surface area (Å²) in [7, 11) is 0.247. The van der Waals surface area contributed by atoms with Crippen LogP contribution >= 0.6 is 0 Å². The Bertz CT molecular complexity index is 249. The molecule has 0 saturated heterocycles. The summed E-state index contributed by atoms with van der Waals surface area (Å²) in [5, 5.41) is 0. The minimum Gasteiger partial charge on any atom is -0.293 e. The summed E-state index contributed by atoms with van der Waals surface area (Å²) in [6, 6.07) is 0. The molecular weight excluding hydrogens is 192 g/mol. The van der Waals surface area contributed by atoms with Crippen LogP contribution in [0.5, 0.6) is 0 Å². The van der Waals surface area contributed by atoms with Gasteiger partial charge in [-0.25, -0.2) is 0 Å². The molecule has 0 aliphatic heterocycles. The summed E-state index contributed by atoms with van der Waals surface area (Å²) in [5.41, 5.74) is 0. The SMILES string of the molecule is C[S+](C)C1(C)CC2CCCCC2C1=O. The second kappa shape index (κ2) is 3.55. The highest BCUT2D eigenvalue weighted by atomic mass is 32.2. The van der Waals surface area contributed by atoms with Crippen LogP contribution in [0.15, 0.2) is 0 Å². The molecule has 0 aromatic heterocycles. The second-order valence-electron chi connectivity index (χ2n) is 5.27. The molecule has 0 N–H and O–H groups in total. The van der Waals surface area contributed by atoms with Crippen LogP contribution in [-0.4, -0.2) is 23.0 Å². The summed E-state index contributed by atoms with van der Waals surface area (Å²) >= 11 is 0. The largest absolute Gasteiger partial charge is 0.293 e. The molecule has 1 nitrogen and oxygen atoms in total. The van der Waals surface area contributed by atoms with E-state index < -0.39 is 0 Å². The third-order valence-electron chi connectivity index (χ3n) is 4.32. The highest BCUT2D eigenvalue weighted by molar-refractivity contribution is 7.97. The minimum absolute atomic E-state index is 0.0275. The summed E-state index contributed by atoms with van der Waals surface area (Å²) in [6.45, 7) is 2.21. The van der Waals surface area contributed by atoms with Crippen molar-refractivity contribution in [3.63, 3.8) is 0 Å². The zero-order chi connectivity index (χ0) is 10.3. The van der Waals surface area contributed by atoms with E-state index in [9.17, 15) is 4.79 Å². The first-order chi connectivity index (χ1) is 6.55. The zero-order valence-electron chi connectivity index (χ0n) is 9.51. The molecule has 0 aromatic rings. The van der Waals surface area contributed by atoms with E-state index in [-0.39, 0.29) is 15.6 Å². The lowest BCUT2D eigenvalue weighted by molar-refractivity contribution is -0.123. The Labute approximate surface area is 90.0 Å². The van der Waals surface area contributed by atoms with Gasteiger partial charge in [0.1, 0.15) is 0 Å². The molecule has 3 atom stereocenters. The fourth-order valence-electron chi connectivity index (χ4n) is 3.16. The van der Waals surface area contributed by atoms with E-state index in [0.29, 0.717) is 11.7 Å². The van der Waals surface area contributed by atoms with Crippen molar-refractivity contribution in [3.8, 4) is 0 Å². The number of rotatable bonds is 1. The standard InChI is InChI=1S/C12H21OS/c1-12(14(2)3)8-9-6-4-5-7-10(9)11(12)13/h9-10H,4-8H2,1-3H3/q+1. The van der Waals surface area contributed by atoms with E-state index in [4.69, 9.17) is 0 Å². The normalized spacial score (nSPS) is 43.0. The van der Waals surface area contributed by atoms with Gasteiger partial charge in [0, 0.05) is 12.3 Å².